The van der Waals surface area contributed by atoms with E-state index in [0.29, 0.717) is 12.5 Å². The number of aliphatic hydroxyl groups excluding tert-OH is 2. The van der Waals surface area contributed by atoms with Crippen LogP contribution in [0.4, 0.5) is 8.78 Å². The molecule has 0 bridgehead atoms. The average Bonchev–Trinajstić information content (AvgIpc) is 2.29. The predicted octanol–water partition coefficient (Wildman–Crippen LogP) is 1.36. The number of rotatable bonds is 5. The number of hydrogen-bond donors (Lipinski definition) is 3. The summed E-state index contributed by atoms with van der Waals surface area (Å²) in [5.74, 6) is -0.762. The highest BCUT2D eigenvalue weighted by Gasteiger charge is 2.26. The zero-order chi connectivity index (χ0) is 13.1. The van der Waals surface area contributed by atoms with Crippen LogP contribution < -0.4 is 5.32 Å². The van der Waals surface area contributed by atoms with Gasteiger partial charge in [0.15, 0.2) is 0 Å². The number of benzene rings is 1. The number of aliphatic hydroxyl groups is 2. The van der Waals surface area contributed by atoms with Crippen LogP contribution in [-0.2, 0) is 0 Å². The maximum Gasteiger partial charge on any atom is 0.129 e. The van der Waals surface area contributed by atoms with E-state index in [2.05, 4.69) is 5.32 Å². The SMILES string of the molecule is OC1CC(CNCC(O)c2cc(F)ccc2F)C1. The van der Waals surface area contributed by atoms with Crippen molar-refractivity contribution in [1.29, 1.82) is 0 Å². The molecule has 1 aromatic carbocycles. The normalized spacial score (nSPS) is 24.7. The van der Waals surface area contributed by atoms with E-state index >= 15 is 0 Å². The highest BCUT2D eigenvalue weighted by molar-refractivity contribution is 5.21. The van der Waals surface area contributed by atoms with Crippen molar-refractivity contribution in [3.8, 4) is 0 Å². The Morgan fingerprint density at radius 1 is 1.33 bits per heavy atom. The minimum atomic E-state index is -1.06. The van der Waals surface area contributed by atoms with E-state index in [1.54, 1.807) is 0 Å². The maximum atomic E-state index is 13.3. The Kier molecular flexibility index (Phi) is 4.27. The van der Waals surface area contributed by atoms with E-state index in [4.69, 9.17) is 5.11 Å². The molecule has 0 spiro atoms. The van der Waals surface area contributed by atoms with Crippen LogP contribution in [0.1, 0.15) is 24.5 Å². The Balaban J connectivity index is 1.80. The highest BCUT2D eigenvalue weighted by Crippen LogP contribution is 2.26. The second-order valence-corrected chi connectivity index (χ2v) is 4.83. The van der Waals surface area contributed by atoms with Crippen molar-refractivity contribution >= 4 is 0 Å². The van der Waals surface area contributed by atoms with Gasteiger partial charge in [-0.3, -0.25) is 0 Å². The van der Waals surface area contributed by atoms with Gasteiger partial charge in [0.2, 0.25) is 0 Å². The Morgan fingerprint density at radius 2 is 2.06 bits per heavy atom. The third-order valence-electron chi connectivity index (χ3n) is 3.30. The molecule has 0 aliphatic heterocycles. The van der Waals surface area contributed by atoms with Crippen molar-refractivity contribution in [3.05, 3.63) is 35.4 Å². The summed E-state index contributed by atoms with van der Waals surface area (Å²) in [7, 11) is 0. The fourth-order valence-corrected chi connectivity index (χ4v) is 2.17. The van der Waals surface area contributed by atoms with Crippen molar-refractivity contribution in [1.82, 2.24) is 5.32 Å². The molecule has 1 saturated carbocycles. The van der Waals surface area contributed by atoms with Gasteiger partial charge in [-0.1, -0.05) is 0 Å². The summed E-state index contributed by atoms with van der Waals surface area (Å²) >= 11 is 0. The van der Waals surface area contributed by atoms with Gasteiger partial charge in [0.25, 0.3) is 0 Å². The molecule has 3 nitrogen and oxygen atoms in total. The average molecular weight is 257 g/mol. The van der Waals surface area contributed by atoms with Gasteiger partial charge in [0.1, 0.15) is 11.6 Å². The molecule has 2 rings (SSSR count). The van der Waals surface area contributed by atoms with Gasteiger partial charge in [-0.15, -0.1) is 0 Å². The van der Waals surface area contributed by atoms with Gasteiger partial charge in [-0.25, -0.2) is 8.78 Å². The number of halogens is 2. The third-order valence-corrected chi connectivity index (χ3v) is 3.30. The summed E-state index contributed by atoms with van der Waals surface area (Å²) in [5.41, 5.74) is -0.0313. The van der Waals surface area contributed by atoms with E-state index in [1.807, 2.05) is 0 Å². The number of hydrogen-bond acceptors (Lipinski definition) is 3. The molecule has 0 heterocycles. The van der Waals surface area contributed by atoms with Gasteiger partial charge < -0.3 is 15.5 Å². The first-order valence-corrected chi connectivity index (χ1v) is 6.08. The summed E-state index contributed by atoms with van der Waals surface area (Å²) in [5, 5.41) is 21.9. The second-order valence-electron chi connectivity index (χ2n) is 4.83. The first-order chi connectivity index (χ1) is 8.56. The molecule has 1 atom stereocenters. The summed E-state index contributed by atoms with van der Waals surface area (Å²) in [6.45, 7) is 0.845. The molecule has 1 aliphatic rings. The summed E-state index contributed by atoms with van der Waals surface area (Å²) in [6, 6.07) is 3.04. The summed E-state index contributed by atoms with van der Waals surface area (Å²) in [6.07, 6.45) is 0.252. The molecule has 1 aliphatic carbocycles. The lowest BCUT2D eigenvalue weighted by Gasteiger charge is -2.31. The lowest BCUT2D eigenvalue weighted by atomic mass is 9.82. The summed E-state index contributed by atoms with van der Waals surface area (Å²) < 4.78 is 26.3. The van der Waals surface area contributed by atoms with Gasteiger partial charge in [-0.2, -0.15) is 0 Å². The lowest BCUT2D eigenvalue weighted by Crippen LogP contribution is -2.37. The Bertz CT molecular complexity index is 408. The number of nitrogens with one attached hydrogen (secondary N) is 1. The Labute approximate surface area is 104 Å². The highest BCUT2D eigenvalue weighted by atomic mass is 19.1. The molecule has 5 heteroatoms. The van der Waals surface area contributed by atoms with Gasteiger partial charge in [-0.05, 0) is 43.5 Å². The van der Waals surface area contributed by atoms with Crippen LogP contribution in [0.3, 0.4) is 0 Å². The van der Waals surface area contributed by atoms with Crippen LogP contribution in [0.15, 0.2) is 18.2 Å². The molecule has 1 fully saturated rings. The summed E-state index contributed by atoms with van der Waals surface area (Å²) in [4.78, 5) is 0. The molecular formula is C13H17F2NO2. The fraction of sp³-hybridized carbons (Fsp3) is 0.538. The van der Waals surface area contributed by atoms with Crippen LogP contribution in [0.25, 0.3) is 0 Å². The standard InChI is InChI=1S/C13H17F2NO2/c14-9-1-2-12(15)11(5-9)13(18)7-16-6-8-3-10(17)4-8/h1-2,5,8,10,13,16-18H,3-4,6-7H2. The molecule has 1 aromatic rings. The quantitative estimate of drug-likeness (QED) is 0.746. The molecule has 18 heavy (non-hydrogen) atoms. The third kappa shape index (κ3) is 3.25. The predicted molar refractivity (Wildman–Crippen MR) is 62.9 cm³/mol. The smallest absolute Gasteiger partial charge is 0.129 e. The molecule has 0 amide bonds. The zero-order valence-corrected chi connectivity index (χ0v) is 9.94. The molecule has 1 unspecified atom stereocenters. The van der Waals surface area contributed by atoms with Crippen molar-refractivity contribution in [2.24, 2.45) is 5.92 Å². The van der Waals surface area contributed by atoms with Crippen molar-refractivity contribution in [2.45, 2.75) is 25.0 Å². The van der Waals surface area contributed by atoms with Gasteiger partial charge in [0.05, 0.1) is 12.2 Å². The largest absolute Gasteiger partial charge is 0.393 e. The fourth-order valence-electron chi connectivity index (χ4n) is 2.17. The van der Waals surface area contributed by atoms with E-state index in [-0.39, 0.29) is 18.2 Å². The van der Waals surface area contributed by atoms with E-state index in [1.165, 1.54) is 0 Å². The van der Waals surface area contributed by atoms with Gasteiger partial charge in [0, 0.05) is 12.1 Å². The first-order valence-electron chi connectivity index (χ1n) is 6.08. The Hall–Kier alpha value is -1.04. The Morgan fingerprint density at radius 3 is 2.72 bits per heavy atom. The molecular weight excluding hydrogens is 240 g/mol. The topological polar surface area (TPSA) is 52.5 Å². The molecule has 0 radical (unpaired) electrons. The van der Waals surface area contributed by atoms with Crippen LogP contribution >= 0.6 is 0 Å². The minimum absolute atomic E-state index is 0.0313. The van der Waals surface area contributed by atoms with Crippen LogP contribution in [0.2, 0.25) is 0 Å². The molecule has 0 aromatic heterocycles. The second kappa shape index (κ2) is 5.73. The molecule has 100 valence electrons. The van der Waals surface area contributed by atoms with Crippen molar-refractivity contribution in [3.63, 3.8) is 0 Å². The van der Waals surface area contributed by atoms with Crippen LogP contribution in [-0.4, -0.2) is 29.4 Å². The first kappa shape index (κ1) is 13.4. The minimum Gasteiger partial charge on any atom is -0.393 e. The van der Waals surface area contributed by atoms with Gasteiger partial charge >= 0.3 is 0 Å². The molecule has 0 saturated heterocycles. The van der Waals surface area contributed by atoms with Crippen molar-refractivity contribution < 1.29 is 19.0 Å². The lowest BCUT2D eigenvalue weighted by molar-refractivity contribution is 0.0414. The van der Waals surface area contributed by atoms with E-state index in [0.717, 1.165) is 31.0 Å². The van der Waals surface area contributed by atoms with Crippen molar-refractivity contribution in [2.75, 3.05) is 13.1 Å². The molecule has 3 N–H and O–H groups in total. The maximum absolute atomic E-state index is 13.3. The van der Waals surface area contributed by atoms with Crippen LogP contribution in [0.5, 0.6) is 0 Å². The van der Waals surface area contributed by atoms with E-state index in [9.17, 15) is 13.9 Å². The van der Waals surface area contributed by atoms with E-state index < -0.39 is 17.7 Å². The zero-order valence-electron chi connectivity index (χ0n) is 9.94. The van der Waals surface area contributed by atoms with Crippen LogP contribution in [0, 0.1) is 17.6 Å². The monoisotopic (exact) mass is 257 g/mol.